The van der Waals surface area contributed by atoms with E-state index in [2.05, 4.69) is 27.7 Å². The molecular weight excluding hydrogens is 643 g/mol. The van der Waals surface area contributed by atoms with Gasteiger partial charge < -0.3 is 19.3 Å². The Bertz CT molecular complexity index is 608. The molecule has 0 radical (unpaired) electrons. The van der Waals surface area contributed by atoms with Crippen LogP contribution in [-0.4, -0.2) is 35.0 Å². The third kappa shape index (κ3) is 39.6. The van der Waals surface area contributed by atoms with Crippen molar-refractivity contribution < 1.29 is 13.6 Å². The third-order valence-electron chi connectivity index (χ3n) is 11.1. The fraction of sp³-hybridized carbons (Fsp3) is 1.00. The minimum atomic E-state index is -1.09. The highest BCUT2D eigenvalue weighted by Gasteiger charge is 2.31. The van der Waals surface area contributed by atoms with Gasteiger partial charge in [0.1, 0.15) is 0 Å². The van der Waals surface area contributed by atoms with Gasteiger partial charge in [-0.1, -0.05) is 226 Å². The monoisotopic (exact) mass is 740 g/mol. The summed E-state index contributed by atoms with van der Waals surface area (Å²) in [6.45, 7) is 10.7. The van der Waals surface area contributed by atoms with Gasteiger partial charge in [-0.15, -0.1) is 0 Å². The van der Waals surface area contributed by atoms with E-state index < -0.39 is 15.8 Å². The Hall–Kier alpha value is 0.0569. The van der Waals surface area contributed by atoms with Gasteiger partial charge in [-0.3, -0.25) is 0 Å². The largest absolute Gasteiger partial charge is 0.399 e. The Balaban J connectivity index is 4.47. The highest BCUT2D eigenvalue weighted by Crippen LogP contribution is 2.29. The van der Waals surface area contributed by atoms with Gasteiger partial charge in [0.25, 0.3) is 0 Å². The first kappa shape index (κ1) is 51.1. The highest BCUT2D eigenvalue weighted by atomic mass is 28.3. The van der Waals surface area contributed by atoms with Crippen molar-refractivity contribution >= 4 is 10.0 Å². The minimum absolute atomic E-state index is 0.171. The van der Waals surface area contributed by atoms with Crippen LogP contribution in [0.3, 0.4) is 0 Å². The van der Waals surface area contributed by atoms with Crippen molar-refractivity contribution in [3.63, 3.8) is 0 Å². The Labute approximate surface area is 325 Å². The fourth-order valence-electron chi connectivity index (χ4n) is 7.42. The molecule has 2 atom stereocenters. The molecular formula is C46H97NO3Si. The summed E-state index contributed by atoms with van der Waals surface area (Å²) in [5.41, 5.74) is 6.29. The summed E-state index contributed by atoms with van der Waals surface area (Å²) in [6.07, 6.45) is 50.8. The maximum atomic E-state index is 6.75. The molecule has 0 saturated carbocycles. The molecule has 0 aliphatic rings. The number of ether oxygens (including phenoxy) is 1. The molecule has 2 unspecified atom stereocenters. The van der Waals surface area contributed by atoms with Crippen molar-refractivity contribution in [1.82, 2.24) is 0 Å². The number of nitrogens with two attached hydrogens (primary N) is 1. The van der Waals surface area contributed by atoms with Gasteiger partial charge in [-0.25, -0.2) is 0 Å². The smallest absolute Gasteiger partial charge is 0.307 e. The first-order chi connectivity index (χ1) is 25.1. The quantitative estimate of drug-likeness (QED) is 0.0384. The van der Waals surface area contributed by atoms with Crippen molar-refractivity contribution in [3.05, 3.63) is 0 Å². The van der Waals surface area contributed by atoms with Crippen LogP contribution in [-0.2, 0) is 13.6 Å². The molecule has 0 aliphatic carbocycles. The SMILES string of the molecule is CCCCCCCCCCCCCCCCO[SiH2]OC(CCCCCCCCCCCCC)(CCC(C)N)OCCCCCCCCCCCC. The van der Waals surface area contributed by atoms with Crippen LogP contribution in [0.25, 0.3) is 0 Å². The molecule has 0 heterocycles. The predicted octanol–water partition coefficient (Wildman–Crippen LogP) is 15.0. The van der Waals surface area contributed by atoms with Gasteiger partial charge in [-0.05, 0) is 32.6 Å². The van der Waals surface area contributed by atoms with Crippen LogP contribution in [0, 0.1) is 0 Å². The van der Waals surface area contributed by atoms with Crippen molar-refractivity contribution in [2.24, 2.45) is 5.73 Å². The molecule has 5 heteroatoms. The molecule has 0 aromatic carbocycles. The molecule has 51 heavy (non-hydrogen) atoms. The van der Waals surface area contributed by atoms with E-state index in [1.54, 1.807) is 0 Å². The lowest BCUT2D eigenvalue weighted by atomic mass is 9.99. The lowest BCUT2D eigenvalue weighted by molar-refractivity contribution is -0.201. The van der Waals surface area contributed by atoms with Crippen molar-refractivity contribution in [2.75, 3.05) is 13.2 Å². The van der Waals surface area contributed by atoms with Crippen LogP contribution in [0.1, 0.15) is 272 Å². The zero-order valence-electron chi connectivity index (χ0n) is 35.9. The number of unbranched alkanes of at least 4 members (excludes halogenated alkanes) is 32. The van der Waals surface area contributed by atoms with Crippen molar-refractivity contribution in [3.8, 4) is 0 Å². The maximum absolute atomic E-state index is 6.75. The molecule has 0 saturated heterocycles. The number of rotatable bonds is 45. The molecule has 0 spiro atoms. The van der Waals surface area contributed by atoms with Crippen LogP contribution in [0.2, 0.25) is 0 Å². The first-order valence-corrected chi connectivity index (χ1v) is 24.9. The van der Waals surface area contributed by atoms with Crippen molar-refractivity contribution in [1.29, 1.82) is 0 Å². The van der Waals surface area contributed by atoms with Gasteiger partial charge in [-0.2, -0.15) is 0 Å². The van der Waals surface area contributed by atoms with E-state index in [-0.39, 0.29) is 6.04 Å². The maximum Gasteiger partial charge on any atom is 0.307 e. The van der Waals surface area contributed by atoms with E-state index in [4.69, 9.17) is 19.3 Å². The van der Waals surface area contributed by atoms with E-state index in [0.29, 0.717) is 0 Å². The normalized spacial score (nSPS) is 13.8. The van der Waals surface area contributed by atoms with E-state index >= 15 is 0 Å². The van der Waals surface area contributed by atoms with Crippen LogP contribution in [0.5, 0.6) is 0 Å². The summed E-state index contributed by atoms with van der Waals surface area (Å²) in [4.78, 5) is 0. The fourth-order valence-corrected chi connectivity index (χ4v) is 8.41. The Morgan fingerprint density at radius 2 is 0.725 bits per heavy atom. The summed E-state index contributed by atoms with van der Waals surface area (Å²) in [5.74, 6) is -0.492. The van der Waals surface area contributed by atoms with E-state index in [1.165, 1.54) is 218 Å². The Morgan fingerprint density at radius 3 is 1.08 bits per heavy atom. The molecule has 0 bridgehead atoms. The molecule has 0 fully saturated rings. The lowest BCUT2D eigenvalue weighted by Crippen LogP contribution is -2.40. The van der Waals surface area contributed by atoms with Gasteiger partial charge in [0, 0.05) is 32.1 Å². The van der Waals surface area contributed by atoms with Crippen LogP contribution >= 0.6 is 0 Å². The van der Waals surface area contributed by atoms with Crippen LogP contribution in [0.15, 0.2) is 0 Å². The summed E-state index contributed by atoms with van der Waals surface area (Å²) in [5, 5.41) is 0. The molecule has 0 amide bonds. The summed E-state index contributed by atoms with van der Waals surface area (Å²) in [7, 11) is -1.09. The van der Waals surface area contributed by atoms with Crippen LogP contribution in [0.4, 0.5) is 0 Å². The zero-order valence-corrected chi connectivity index (χ0v) is 37.3. The summed E-state index contributed by atoms with van der Waals surface area (Å²) >= 11 is 0. The van der Waals surface area contributed by atoms with E-state index in [9.17, 15) is 0 Å². The second-order valence-electron chi connectivity index (χ2n) is 16.5. The molecule has 0 aliphatic heterocycles. The molecule has 0 rings (SSSR count). The molecule has 2 N–H and O–H groups in total. The zero-order chi connectivity index (χ0) is 37.2. The number of hydrogen-bond donors (Lipinski definition) is 1. The lowest BCUT2D eigenvalue weighted by Gasteiger charge is -2.35. The number of hydrogen-bond acceptors (Lipinski definition) is 4. The van der Waals surface area contributed by atoms with Gasteiger partial charge in [0.05, 0.1) is 0 Å². The third-order valence-corrected chi connectivity index (χ3v) is 12.2. The van der Waals surface area contributed by atoms with Crippen LogP contribution < -0.4 is 5.73 Å². The standard InChI is InChI=1S/C46H97NO3Si/c1-5-8-11-14-17-20-23-24-25-27-30-33-36-39-44-49-51-50-46(42-40-45(4)47,41-37-34-31-28-26-21-18-15-12-9-6-2)48-43-38-35-32-29-22-19-16-13-10-7-3/h45H,5-44,47,51H2,1-4H3. The van der Waals surface area contributed by atoms with E-state index in [0.717, 1.165) is 38.9 Å². The Morgan fingerprint density at radius 1 is 0.412 bits per heavy atom. The Kier molecular flexibility index (Phi) is 42.8. The predicted molar refractivity (Wildman–Crippen MR) is 230 cm³/mol. The second-order valence-corrected chi connectivity index (χ2v) is 17.4. The summed E-state index contributed by atoms with van der Waals surface area (Å²) < 4.78 is 19.7. The average Bonchev–Trinajstić information content (AvgIpc) is 3.13. The van der Waals surface area contributed by atoms with Gasteiger partial charge >= 0.3 is 10.0 Å². The molecule has 0 aromatic rings. The van der Waals surface area contributed by atoms with E-state index in [1.807, 2.05) is 0 Å². The summed E-state index contributed by atoms with van der Waals surface area (Å²) in [6, 6.07) is 0.171. The van der Waals surface area contributed by atoms with Crippen molar-refractivity contribution in [2.45, 2.75) is 284 Å². The van der Waals surface area contributed by atoms with Gasteiger partial charge in [0.15, 0.2) is 5.79 Å². The molecule has 308 valence electrons. The second kappa shape index (κ2) is 42.8. The topological polar surface area (TPSA) is 53.7 Å². The first-order valence-electron chi connectivity index (χ1n) is 23.7. The molecule has 0 aromatic heterocycles. The minimum Gasteiger partial charge on any atom is -0.399 e. The molecule has 4 nitrogen and oxygen atoms in total. The average molecular weight is 740 g/mol. The highest BCUT2D eigenvalue weighted by molar-refractivity contribution is 6.18. The van der Waals surface area contributed by atoms with Gasteiger partial charge in [0.2, 0.25) is 0 Å².